The van der Waals surface area contributed by atoms with Gasteiger partial charge in [-0.2, -0.15) is 0 Å². The number of rotatable bonds is 11. The van der Waals surface area contributed by atoms with Crippen LogP contribution in [-0.2, 0) is 16.1 Å². The quantitative estimate of drug-likeness (QED) is 0.180. The molecule has 0 saturated heterocycles. The van der Waals surface area contributed by atoms with Crippen molar-refractivity contribution >= 4 is 34.7 Å². The molecule has 5 rings (SSSR count). The lowest BCUT2D eigenvalue weighted by Gasteiger charge is -2.32. The fourth-order valence-electron chi connectivity index (χ4n) is 6.29. The van der Waals surface area contributed by atoms with Gasteiger partial charge in [0.15, 0.2) is 11.6 Å². The number of ketones is 2. The number of ether oxygens (including phenoxy) is 1. The number of hydrogen-bond acceptors (Lipinski definition) is 4. The molecule has 1 N–H and O–H groups in total. The van der Waals surface area contributed by atoms with E-state index in [9.17, 15) is 19.5 Å². The molecule has 2 aromatic carbocycles. The van der Waals surface area contributed by atoms with Crippen LogP contribution >= 0.6 is 11.6 Å². The van der Waals surface area contributed by atoms with Gasteiger partial charge in [0.1, 0.15) is 6.10 Å². The van der Waals surface area contributed by atoms with Crippen molar-refractivity contribution in [2.75, 3.05) is 0 Å². The van der Waals surface area contributed by atoms with E-state index in [0.717, 1.165) is 29.5 Å². The highest BCUT2D eigenvalue weighted by Gasteiger charge is 2.47. The first kappa shape index (κ1) is 29.7. The Bertz CT molecular complexity index is 1600. The molecule has 42 heavy (non-hydrogen) atoms. The summed E-state index contributed by atoms with van der Waals surface area (Å²) in [4.78, 5) is 40.2. The summed E-state index contributed by atoms with van der Waals surface area (Å²) < 4.78 is 8.15. The zero-order chi connectivity index (χ0) is 30.1. The van der Waals surface area contributed by atoms with Gasteiger partial charge in [0, 0.05) is 34.1 Å². The average molecular weight is 586 g/mol. The van der Waals surface area contributed by atoms with Crippen LogP contribution in [0.2, 0.25) is 5.02 Å². The van der Waals surface area contributed by atoms with Gasteiger partial charge >= 0.3 is 5.97 Å². The first-order chi connectivity index (χ1) is 20.0. The predicted molar refractivity (Wildman–Crippen MR) is 163 cm³/mol. The van der Waals surface area contributed by atoms with Crippen molar-refractivity contribution in [3.63, 3.8) is 0 Å². The van der Waals surface area contributed by atoms with E-state index in [0.29, 0.717) is 29.0 Å². The average Bonchev–Trinajstić information content (AvgIpc) is 3.65. The van der Waals surface area contributed by atoms with Gasteiger partial charge in [-0.05, 0) is 86.2 Å². The summed E-state index contributed by atoms with van der Waals surface area (Å²) in [6.45, 7) is 5.64. The summed E-state index contributed by atoms with van der Waals surface area (Å²) >= 11 is 6.06. The van der Waals surface area contributed by atoms with Crippen LogP contribution in [0.1, 0.15) is 84.2 Å². The smallest absolute Gasteiger partial charge is 0.310 e. The van der Waals surface area contributed by atoms with Gasteiger partial charge in [-0.15, -0.1) is 0 Å². The summed E-state index contributed by atoms with van der Waals surface area (Å²) in [6.07, 6.45) is 5.89. The van der Waals surface area contributed by atoms with Crippen molar-refractivity contribution in [3.05, 3.63) is 112 Å². The molecule has 0 bridgehead atoms. The number of nitrogens with zero attached hydrogens (tertiary/aromatic N) is 1. The summed E-state index contributed by atoms with van der Waals surface area (Å²) in [5.74, 6) is -1.43. The van der Waals surface area contributed by atoms with E-state index in [1.165, 1.54) is 0 Å². The van der Waals surface area contributed by atoms with Crippen molar-refractivity contribution in [1.82, 2.24) is 4.40 Å². The van der Waals surface area contributed by atoms with Crippen LogP contribution in [-0.4, -0.2) is 33.1 Å². The molecule has 4 aromatic rings. The molecule has 0 radical (unpaired) electrons. The standard InChI is InChI=1S/C35H36ClNO5/c1-23(35(33(40)41)16-7-8-17-35)27-20-29-19-26(15-18-37(29)21-27)31(39)34(2,3)32(42-22-24-9-5-4-6-10-24)30(38)25-11-13-28(36)14-12-25/h4-6,9-15,18-21,23,32H,7-8,16-17,22H2,1-3H3,(H,40,41). The lowest BCUT2D eigenvalue weighted by molar-refractivity contribution is -0.150. The van der Waals surface area contributed by atoms with Gasteiger partial charge < -0.3 is 14.2 Å². The number of carboxylic acid groups (broad SMARTS) is 1. The predicted octanol–water partition coefficient (Wildman–Crippen LogP) is 8.02. The molecule has 1 fully saturated rings. The van der Waals surface area contributed by atoms with Gasteiger partial charge in [-0.3, -0.25) is 14.4 Å². The lowest BCUT2D eigenvalue weighted by Crippen LogP contribution is -2.44. The SMILES string of the molecule is CC(c1cc2cc(C(=O)C(C)(C)C(OCc3ccccc3)C(=O)c3ccc(Cl)cc3)ccn2c1)C1(C(=O)O)CCCC1. The number of halogens is 1. The third kappa shape index (κ3) is 5.66. The Morgan fingerprint density at radius 3 is 2.29 bits per heavy atom. The molecule has 7 heteroatoms. The van der Waals surface area contributed by atoms with Crippen LogP contribution in [0, 0.1) is 10.8 Å². The second kappa shape index (κ2) is 11.9. The summed E-state index contributed by atoms with van der Waals surface area (Å²) in [6, 6.07) is 21.7. The van der Waals surface area contributed by atoms with Crippen LogP contribution in [0.25, 0.3) is 5.52 Å². The van der Waals surface area contributed by atoms with Gasteiger partial charge in [0.05, 0.1) is 17.4 Å². The number of pyridine rings is 1. The van der Waals surface area contributed by atoms with Gasteiger partial charge in [0.2, 0.25) is 0 Å². The first-order valence-electron chi connectivity index (χ1n) is 14.4. The third-order valence-corrected chi connectivity index (χ3v) is 9.25. The Morgan fingerprint density at radius 1 is 0.976 bits per heavy atom. The second-order valence-corrected chi connectivity index (χ2v) is 12.4. The van der Waals surface area contributed by atoms with E-state index in [1.807, 2.05) is 66.2 Å². The van der Waals surface area contributed by atoms with E-state index in [2.05, 4.69) is 0 Å². The van der Waals surface area contributed by atoms with Gasteiger partial charge in [-0.1, -0.05) is 61.7 Å². The zero-order valence-corrected chi connectivity index (χ0v) is 24.9. The molecule has 0 spiro atoms. The molecule has 2 atom stereocenters. The Morgan fingerprint density at radius 2 is 1.64 bits per heavy atom. The highest BCUT2D eigenvalue weighted by Crippen LogP contribution is 2.49. The Labute approximate surface area is 251 Å². The number of aromatic nitrogens is 1. The van der Waals surface area contributed by atoms with E-state index in [-0.39, 0.29) is 24.1 Å². The van der Waals surface area contributed by atoms with Crippen LogP contribution in [0.15, 0.2) is 85.2 Å². The van der Waals surface area contributed by atoms with Crippen LogP contribution < -0.4 is 0 Å². The third-order valence-electron chi connectivity index (χ3n) is 9.00. The maximum Gasteiger partial charge on any atom is 0.310 e. The summed E-state index contributed by atoms with van der Waals surface area (Å²) in [5, 5.41) is 10.6. The number of benzene rings is 2. The number of carbonyl (C=O) groups is 3. The molecule has 0 amide bonds. The number of carbonyl (C=O) groups excluding carboxylic acids is 2. The lowest BCUT2D eigenvalue weighted by atomic mass is 9.72. The highest BCUT2D eigenvalue weighted by atomic mass is 35.5. The summed E-state index contributed by atoms with van der Waals surface area (Å²) in [7, 11) is 0. The fourth-order valence-corrected chi connectivity index (χ4v) is 6.41. The second-order valence-electron chi connectivity index (χ2n) is 12.0. The molecule has 218 valence electrons. The minimum atomic E-state index is -1.20. The zero-order valence-electron chi connectivity index (χ0n) is 24.2. The normalized spacial score (nSPS) is 16.3. The molecule has 0 aliphatic heterocycles. The monoisotopic (exact) mass is 585 g/mol. The van der Waals surface area contributed by atoms with E-state index < -0.39 is 22.9 Å². The van der Waals surface area contributed by atoms with E-state index >= 15 is 0 Å². The Hall–Kier alpha value is -3.74. The van der Waals surface area contributed by atoms with Crippen molar-refractivity contribution in [2.45, 2.75) is 65.1 Å². The fraction of sp³-hybridized carbons (Fsp3) is 0.343. The number of carboxylic acids is 1. The highest BCUT2D eigenvalue weighted by molar-refractivity contribution is 6.30. The topological polar surface area (TPSA) is 85.1 Å². The maximum absolute atomic E-state index is 14.1. The van der Waals surface area contributed by atoms with Crippen molar-refractivity contribution in [2.24, 2.45) is 10.8 Å². The minimum absolute atomic E-state index is 0.166. The molecule has 1 saturated carbocycles. The van der Waals surface area contributed by atoms with Gasteiger partial charge in [-0.25, -0.2) is 0 Å². The number of aliphatic carboxylic acids is 1. The number of hydrogen-bond donors (Lipinski definition) is 1. The maximum atomic E-state index is 14.1. The van der Waals surface area contributed by atoms with E-state index in [1.54, 1.807) is 44.2 Å². The largest absolute Gasteiger partial charge is 0.481 e. The summed E-state index contributed by atoms with van der Waals surface area (Å²) in [5.41, 5.74) is 1.52. The molecule has 2 heterocycles. The van der Waals surface area contributed by atoms with Crippen LogP contribution in [0.4, 0.5) is 0 Å². The Kier molecular flexibility index (Phi) is 8.40. The van der Waals surface area contributed by atoms with E-state index in [4.69, 9.17) is 16.3 Å². The Balaban J connectivity index is 1.45. The number of Topliss-reactive ketones (excluding diaryl/α,β-unsaturated/α-hetero) is 2. The van der Waals surface area contributed by atoms with Crippen molar-refractivity contribution < 1.29 is 24.2 Å². The molecule has 1 aliphatic rings. The minimum Gasteiger partial charge on any atom is -0.481 e. The van der Waals surface area contributed by atoms with Crippen molar-refractivity contribution in [1.29, 1.82) is 0 Å². The molecule has 6 nitrogen and oxygen atoms in total. The number of fused-ring (bicyclic) bond motifs is 1. The molecular weight excluding hydrogens is 550 g/mol. The molecule has 1 aliphatic carbocycles. The molecular formula is C35H36ClNO5. The van der Waals surface area contributed by atoms with Gasteiger partial charge in [0.25, 0.3) is 0 Å². The van der Waals surface area contributed by atoms with Crippen LogP contribution in [0.3, 0.4) is 0 Å². The molecule has 2 unspecified atom stereocenters. The molecule has 2 aromatic heterocycles. The van der Waals surface area contributed by atoms with Crippen LogP contribution in [0.5, 0.6) is 0 Å². The first-order valence-corrected chi connectivity index (χ1v) is 14.8. The van der Waals surface area contributed by atoms with Crippen molar-refractivity contribution in [3.8, 4) is 0 Å².